The van der Waals surface area contributed by atoms with Crippen LogP contribution in [-0.4, -0.2) is 23.8 Å². The van der Waals surface area contributed by atoms with Crippen molar-refractivity contribution >= 4 is 0 Å². The maximum absolute atomic E-state index is 9.14. The van der Waals surface area contributed by atoms with E-state index in [0.717, 1.165) is 18.4 Å². The van der Waals surface area contributed by atoms with Crippen LogP contribution in [0, 0.1) is 11.8 Å². The third-order valence-corrected chi connectivity index (χ3v) is 3.30. The van der Waals surface area contributed by atoms with Crippen LogP contribution in [-0.2, 0) is 0 Å². The molecule has 0 bridgehead atoms. The molecule has 78 valence electrons. The highest BCUT2D eigenvalue weighted by molar-refractivity contribution is 4.79. The Labute approximate surface area is 81.7 Å². The highest BCUT2D eigenvalue weighted by Gasteiger charge is 2.23. The van der Waals surface area contributed by atoms with E-state index >= 15 is 0 Å². The molecule has 0 aromatic rings. The molecular weight excluding hydrogens is 162 g/mol. The van der Waals surface area contributed by atoms with Gasteiger partial charge in [-0.05, 0) is 38.0 Å². The zero-order valence-corrected chi connectivity index (χ0v) is 9.09. The molecule has 1 aliphatic carbocycles. The first-order valence-electron chi connectivity index (χ1n) is 5.51. The van der Waals surface area contributed by atoms with Gasteiger partial charge in [-0.25, -0.2) is 0 Å². The van der Waals surface area contributed by atoms with Gasteiger partial charge in [-0.3, -0.25) is 0 Å². The lowest BCUT2D eigenvalue weighted by molar-refractivity contribution is 0.167. The van der Waals surface area contributed by atoms with E-state index in [-0.39, 0.29) is 6.10 Å². The summed E-state index contributed by atoms with van der Waals surface area (Å²) >= 11 is 0. The van der Waals surface area contributed by atoms with Gasteiger partial charge in [0.15, 0.2) is 0 Å². The molecule has 1 saturated carbocycles. The van der Waals surface area contributed by atoms with E-state index in [1.54, 1.807) is 0 Å². The summed E-state index contributed by atoms with van der Waals surface area (Å²) < 4.78 is 0. The SMILES string of the molecule is CC(O)CNC1CCC(C)C(C)C1. The highest BCUT2D eigenvalue weighted by atomic mass is 16.3. The second-order valence-electron chi connectivity index (χ2n) is 4.72. The van der Waals surface area contributed by atoms with Crippen molar-refractivity contribution in [3.05, 3.63) is 0 Å². The van der Waals surface area contributed by atoms with E-state index in [4.69, 9.17) is 5.11 Å². The number of rotatable bonds is 3. The third kappa shape index (κ3) is 3.65. The van der Waals surface area contributed by atoms with Crippen LogP contribution < -0.4 is 5.32 Å². The molecule has 1 fully saturated rings. The predicted molar refractivity (Wildman–Crippen MR) is 55.7 cm³/mol. The molecule has 2 N–H and O–H groups in total. The molecule has 2 heteroatoms. The Kier molecular flexibility index (Phi) is 4.20. The Bertz CT molecular complexity index is 147. The van der Waals surface area contributed by atoms with Crippen molar-refractivity contribution < 1.29 is 5.11 Å². The smallest absolute Gasteiger partial charge is 0.0636 e. The molecule has 1 rings (SSSR count). The van der Waals surface area contributed by atoms with Gasteiger partial charge in [0.1, 0.15) is 0 Å². The molecule has 13 heavy (non-hydrogen) atoms. The summed E-state index contributed by atoms with van der Waals surface area (Å²) in [6, 6.07) is 0.640. The van der Waals surface area contributed by atoms with Crippen molar-refractivity contribution in [1.29, 1.82) is 0 Å². The largest absolute Gasteiger partial charge is 0.392 e. The Morgan fingerprint density at radius 3 is 2.54 bits per heavy atom. The predicted octanol–water partition coefficient (Wildman–Crippen LogP) is 1.78. The van der Waals surface area contributed by atoms with Gasteiger partial charge >= 0.3 is 0 Å². The zero-order valence-electron chi connectivity index (χ0n) is 9.09. The number of aliphatic hydroxyl groups excluding tert-OH is 1. The molecule has 4 unspecified atom stereocenters. The summed E-state index contributed by atoms with van der Waals surface area (Å²) in [6.07, 6.45) is 3.67. The van der Waals surface area contributed by atoms with Crippen LogP contribution in [0.4, 0.5) is 0 Å². The summed E-state index contributed by atoms with van der Waals surface area (Å²) in [4.78, 5) is 0. The van der Waals surface area contributed by atoms with E-state index in [2.05, 4.69) is 19.2 Å². The van der Waals surface area contributed by atoms with Crippen molar-refractivity contribution in [3.63, 3.8) is 0 Å². The molecule has 4 atom stereocenters. The summed E-state index contributed by atoms with van der Waals surface area (Å²) in [7, 11) is 0. The quantitative estimate of drug-likeness (QED) is 0.702. The van der Waals surface area contributed by atoms with Gasteiger partial charge < -0.3 is 10.4 Å². The topological polar surface area (TPSA) is 32.3 Å². The van der Waals surface area contributed by atoms with Gasteiger partial charge in [0, 0.05) is 12.6 Å². The van der Waals surface area contributed by atoms with Crippen molar-refractivity contribution in [2.75, 3.05) is 6.54 Å². The van der Waals surface area contributed by atoms with E-state index in [9.17, 15) is 0 Å². The van der Waals surface area contributed by atoms with Gasteiger partial charge in [0.2, 0.25) is 0 Å². The first kappa shape index (κ1) is 11.0. The maximum atomic E-state index is 9.14. The van der Waals surface area contributed by atoms with Crippen LogP contribution in [0.25, 0.3) is 0 Å². The Morgan fingerprint density at radius 2 is 2.00 bits per heavy atom. The minimum absolute atomic E-state index is 0.213. The van der Waals surface area contributed by atoms with Gasteiger partial charge in [-0.15, -0.1) is 0 Å². The molecule has 0 aliphatic heterocycles. The normalized spacial score (nSPS) is 37.4. The molecule has 0 aromatic heterocycles. The molecule has 0 radical (unpaired) electrons. The van der Waals surface area contributed by atoms with E-state index in [1.165, 1.54) is 19.3 Å². The summed E-state index contributed by atoms with van der Waals surface area (Å²) in [5.74, 6) is 1.71. The van der Waals surface area contributed by atoms with Crippen molar-refractivity contribution in [3.8, 4) is 0 Å². The van der Waals surface area contributed by atoms with E-state index in [0.29, 0.717) is 6.04 Å². The zero-order chi connectivity index (χ0) is 9.84. The van der Waals surface area contributed by atoms with Crippen LogP contribution >= 0.6 is 0 Å². The van der Waals surface area contributed by atoms with Gasteiger partial charge in [-0.2, -0.15) is 0 Å². The summed E-state index contributed by atoms with van der Waals surface area (Å²) in [5, 5.41) is 12.6. The lowest BCUT2D eigenvalue weighted by Gasteiger charge is -2.32. The fraction of sp³-hybridized carbons (Fsp3) is 1.00. The standard InChI is InChI=1S/C11H23NO/c1-8-4-5-11(6-9(8)2)12-7-10(3)13/h8-13H,4-7H2,1-3H3. The number of aliphatic hydroxyl groups is 1. The van der Waals surface area contributed by atoms with Crippen LogP contribution in [0.2, 0.25) is 0 Å². The lowest BCUT2D eigenvalue weighted by Crippen LogP contribution is -2.39. The number of nitrogens with one attached hydrogen (secondary N) is 1. The molecule has 0 saturated heterocycles. The average Bonchev–Trinajstić information content (AvgIpc) is 2.07. The minimum atomic E-state index is -0.213. The van der Waals surface area contributed by atoms with Crippen LogP contribution in [0.15, 0.2) is 0 Å². The first-order chi connectivity index (χ1) is 6.09. The van der Waals surface area contributed by atoms with E-state index < -0.39 is 0 Å². The monoisotopic (exact) mass is 185 g/mol. The van der Waals surface area contributed by atoms with Crippen molar-refractivity contribution in [1.82, 2.24) is 5.32 Å². The highest BCUT2D eigenvalue weighted by Crippen LogP contribution is 2.29. The molecule has 0 spiro atoms. The Morgan fingerprint density at radius 1 is 1.31 bits per heavy atom. The number of hydrogen-bond donors (Lipinski definition) is 2. The molecule has 0 amide bonds. The van der Waals surface area contributed by atoms with Crippen LogP contribution in [0.5, 0.6) is 0 Å². The molecule has 0 heterocycles. The lowest BCUT2D eigenvalue weighted by atomic mass is 9.79. The van der Waals surface area contributed by atoms with Crippen LogP contribution in [0.3, 0.4) is 0 Å². The van der Waals surface area contributed by atoms with Crippen molar-refractivity contribution in [2.45, 2.75) is 52.2 Å². The third-order valence-electron chi connectivity index (χ3n) is 3.30. The van der Waals surface area contributed by atoms with Gasteiger partial charge in [0.05, 0.1) is 6.10 Å². The fourth-order valence-electron chi connectivity index (χ4n) is 2.07. The fourth-order valence-corrected chi connectivity index (χ4v) is 2.07. The van der Waals surface area contributed by atoms with Gasteiger partial charge in [0.25, 0.3) is 0 Å². The molecule has 1 aliphatic rings. The molecule has 0 aromatic carbocycles. The van der Waals surface area contributed by atoms with Crippen LogP contribution in [0.1, 0.15) is 40.0 Å². The second-order valence-corrected chi connectivity index (χ2v) is 4.72. The maximum Gasteiger partial charge on any atom is 0.0636 e. The first-order valence-corrected chi connectivity index (χ1v) is 5.51. The Balaban J connectivity index is 2.21. The molecule has 2 nitrogen and oxygen atoms in total. The minimum Gasteiger partial charge on any atom is -0.392 e. The van der Waals surface area contributed by atoms with Crippen molar-refractivity contribution in [2.24, 2.45) is 11.8 Å². The molecular formula is C11H23NO. The Hall–Kier alpha value is -0.0800. The second kappa shape index (κ2) is 4.97. The number of hydrogen-bond acceptors (Lipinski definition) is 2. The summed E-state index contributed by atoms with van der Waals surface area (Å²) in [6.45, 7) is 7.25. The van der Waals surface area contributed by atoms with Gasteiger partial charge in [-0.1, -0.05) is 13.8 Å². The summed E-state index contributed by atoms with van der Waals surface area (Å²) in [5.41, 5.74) is 0. The average molecular weight is 185 g/mol. The van der Waals surface area contributed by atoms with E-state index in [1.807, 2.05) is 6.92 Å².